The number of amides is 2. The molecule has 0 atom stereocenters. The Morgan fingerprint density at radius 3 is 2.48 bits per heavy atom. The maximum absolute atomic E-state index is 13.1. The highest BCUT2D eigenvalue weighted by molar-refractivity contribution is 6.04. The average Bonchev–Trinajstić information content (AvgIpc) is 2.81. The maximum atomic E-state index is 13.1. The van der Waals surface area contributed by atoms with Crippen molar-refractivity contribution in [3.8, 4) is 0 Å². The number of benzene rings is 1. The fraction of sp³-hybridized carbons (Fsp3) is 0.333. The number of piperidine rings is 1. The van der Waals surface area contributed by atoms with Gasteiger partial charge >= 0.3 is 0 Å². The van der Waals surface area contributed by atoms with Crippen LogP contribution in [0.25, 0.3) is 0 Å². The molecule has 1 aliphatic rings. The second-order valence-electron chi connectivity index (χ2n) is 8.20. The van der Waals surface area contributed by atoms with Crippen LogP contribution in [0.3, 0.4) is 0 Å². The Labute approximate surface area is 191 Å². The number of likely N-dealkylation sites (tertiary alicyclic amines) is 1. The van der Waals surface area contributed by atoms with Crippen molar-refractivity contribution in [3.05, 3.63) is 77.1 Å². The van der Waals surface area contributed by atoms with Crippen LogP contribution in [0.4, 0.5) is 10.1 Å². The van der Waals surface area contributed by atoms with Gasteiger partial charge in [0.2, 0.25) is 0 Å². The molecule has 170 valence electrons. The molecular formula is C24H25FN6O2. The zero-order valence-electron chi connectivity index (χ0n) is 18.6. The highest BCUT2D eigenvalue weighted by atomic mass is 19.1. The first-order chi connectivity index (χ1) is 15.9. The molecule has 1 aromatic carbocycles. The molecule has 3 heterocycles. The quantitative estimate of drug-likeness (QED) is 0.642. The molecule has 0 bridgehead atoms. The van der Waals surface area contributed by atoms with Gasteiger partial charge < -0.3 is 10.2 Å². The van der Waals surface area contributed by atoms with E-state index in [9.17, 15) is 14.0 Å². The van der Waals surface area contributed by atoms with Crippen LogP contribution in [0.5, 0.6) is 0 Å². The molecule has 0 radical (unpaired) electrons. The molecule has 1 saturated heterocycles. The van der Waals surface area contributed by atoms with Crippen molar-refractivity contribution in [2.45, 2.75) is 33.1 Å². The first kappa shape index (κ1) is 22.4. The van der Waals surface area contributed by atoms with Crippen molar-refractivity contribution in [3.63, 3.8) is 0 Å². The summed E-state index contributed by atoms with van der Waals surface area (Å²) >= 11 is 0. The summed E-state index contributed by atoms with van der Waals surface area (Å²) < 4.78 is 13.1. The molecule has 2 aromatic heterocycles. The SMILES string of the molecule is Cc1ncc(C(=O)N2CCC(Cc3ncncc3C(=O)Nc3ccc(F)cc3)CC2)c(C)n1. The zero-order valence-corrected chi connectivity index (χ0v) is 18.6. The number of nitrogens with zero attached hydrogens (tertiary/aromatic N) is 5. The summed E-state index contributed by atoms with van der Waals surface area (Å²) in [5.74, 6) is 0.183. The van der Waals surface area contributed by atoms with E-state index in [1.165, 1.54) is 36.8 Å². The molecule has 8 nitrogen and oxygen atoms in total. The van der Waals surface area contributed by atoms with Crippen LogP contribution in [-0.2, 0) is 6.42 Å². The molecule has 9 heteroatoms. The lowest BCUT2D eigenvalue weighted by molar-refractivity contribution is 0.0688. The van der Waals surface area contributed by atoms with Gasteiger partial charge in [0.15, 0.2) is 0 Å². The summed E-state index contributed by atoms with van der Waals surface area (Å²) in [6.07, 6.45) is 6.76. The van der Waals surface area contributed by atoms with Crippen LogP contribution in [0.15, 0.2) is 43.0 Å². The number of carbonyl (C=O) groups is 2. The van der Waals surface area contributed by atoms with Gasteiger partial charge in [-0.1, -0.05) is 0 Å². The van der Waals surface area contributed by atoms with Gasteiger partial charge in [-0.25, -0.2) is 24.3 Å². The zero-order chi connectivity index (χ0) is 23.4. The van der Waals surface area contributed by atoms with E-state index in [1.54, 1.807) is 13.1 Å². The molecule has 0 spiro atoms. The second kappa shape index (κ2) is 9.81. The van der Waals surface area contributed by atoms with Gasteiger partial charge in [-0.05, 0) is 63.3 Å². The van der Waals surface area contributed by atoms with Gasteiger partial charge in [0.05, 0.1) is 22.5 Å². The molecule has 0 aliphatic carbocycles. The van der Waals surface area contributed by atoms with E-state index in [0.717, 1.165) is 12.8 Å². The number of nitrogens with one attached hydrogen (secondary N) is 1. The molecule has 33 heavy (non-hydrogen) atoms. The first-order valence-corrected chi connectivity index (χ1v) is 10.9. The van der Waals surface area contributed by atoms with Crippen LogP contribution in [0.1, 0.15) is 50.8 Å². The number of anilines is 1. The molecule has 1 N–H and O–H groups in total. The summed E-state index contributed by atoms with van der Waals surface area (Å²) in [7, 11) is 0. The minimum absolute atomic E-state index is 0.0487. The lowest BCUT2D eigenvalue weighted by atomic mass is 9.90. The van der Waals surface area contributed by atoms with E-state index in [2.05, 4.69) is 25.3 Å². The predicted octanol–water partition coefficient (Wildman–Crippen LogP) is 3.37. The largest absolute Gasteiger partial charge is 0.339 e. The van der Waals surface area contributed by atoms with Crippen LogP contribution >= 0.6 is 0 Å². The van der Waals surface area contributed by atoms with Gasteiger partial charge in [0.1, 0.15) is 18.0 Å². The Hall–Kier alpha value is -3.75. The third kappa shape index (κ3) is 5.36. The van der Waals surface area contributed by atoms with Gasteiger partial charge in [0.25, 0.3) is 11.8 Å². The Balaban J connectivity index is 1.38. The number of hydrogen-bond donors (Lipinski definition) is 1. The smallest absolute Gasteiger partial charge is 0.259 e. The number of carbonyl (C=O) groups excluding carboxylic acids is 2. The summed E-state index contributed by atoms with van der Waals surface area (Å²) in [6.45, 7) is 4.87. The topological polar surface area (TPSA) is 101 Å². The van der Waals surface area contributed by atoms with Crippen molar-refractivity contribution in [2.24, 2.45) is 5.92 Å². The Morgan fingerprint density at radius 2 is 1.79 bits per heavy atom. The Kier molecular flexibility index (Phi) is 6.67. The van der Waals surface area contributed by atoms with Crippen molar-refractivity contribution in [1.29, 1.82) is 0 Å². The van der Waals surface area contributed by atoms with Gasteiger partial charge in [-0.15, -0.1) is 0 Å². The molecule has 1 fully saturated rings. The van der Waals surface area contributed by atoms with Gasteiger partial charge in [-0.3, -0.25) is 9.59 Å². The third-order valence-corrected chi connectivity index (χ3v) is 5.86. The molecule has 0 unspecified atom stereocenters. The predicted molar refractivity (Wildman–Crippen MR) is 120 cm³/mol. The van der Waals surface area contributed by atoms with E-state index in [1.807, 2.05) is 11.8 Å². The van der Waals surface area contributed by atoms with E-state index < -0.39 is 0 Å². The molecule has 0 saturated carbocycles. The van der Waals surface area contributed by atoms with Crippen molar-refractivity contribution in [1.82, 2.24) is 24.8 Å². The monoisotopic (exact) mass is 448 g/mol. The first-order valence-electron chi connectivity index (χ1n) is 10.9. The lowest BCUT2D eigenvalue weighted by Crippen LogP contribution is -2.39. The minimum atomic E-state index is -0.369. The lowest BCUT2D eigenvalue weighted by Gasteiger charge is -2.32. The van der Waals surface area contributed by atoms with E-state index in [-0.39, 0.29) is 23.5 Å². The summed E-state index contributed by atoms with van der Waals surface area (Å²) in [4.78, 5) is 44.3. The van der Waals surface area contributed by atoms with Crippen molar-refractivity contribution in [2.75, 3.05) is 18.4 Å². The highest BCUT2D eigenvalue weighted by Gasteiger charge is 2.26. The van der Waals surface area contributed by atoms with Crippen LogP contribution < -0.4 is 5.32 Å². The number of hydrogen-bond acceptors (Lipinski definition) is 6. The van der Waals surface area contributed by atoms with Gasteiger partial charge in [-0.2, -0.15) is 0 Å². The number of aryl methyl sites for hydroxylation is 2. The summed E-state index contributed by atoms with van der Waals surface area (Å²) in [5, 5.41) is 2.76. The standard InChI is InChI=1S/C24H25FN6O2/c1-15-20(13-27-16(2)29-15)24(33)31-9-7-17(8-10-31)11-22-21(12-26-14-28-22)23(32)30-19-5-3-18(25)4-6-19/h3-6,12-14,17H,7-11H2,1-2H3,(H,30,32). The molecular weight excluding hydrogens is 423 g/mol. The number of aromatic nitrogens is 4. The average molecular weight is 449 g/mol. The van der Waals surface area contributed by atoms with Crippen LogP contribution in [0.2, 0.25) is 0 Å². The van der Waals surface area contributed by atoms with Gasteiger partial charge in [0, 0.05) is 31.2 Å². The second-order valence-corrected chi connectivity index (χ2v) is 8.20. The third-order valence-electron chi connectivity index (χ3n) is 5.86. The maximum Gasteiger partial charge on any atom is 0.259 e. The normalized spacial score (nSPS) is 14.2. The van der Waals surface area contributed by atoms with E-state index in [4.69, 9.17) is 0 Å². The van der Waals surface area contributed by atoms with E-state index in [0.29, 0.717) is 53.5 Å². The van der Waals surface area contributed by atoms with E-state index >= 15 is 0 Å². The number of rotatable bonds is 5. The van der Waals surface area contributed by atoms with Crippen molar-refractivity contribution < 1.29 is 14.0 Å². The fourth-order valence-corrected chi connectivity index (χ4v) is 4.02. The molecule has 2 amide bonds. The summed E-state index contributed by atoms with van der Waals surface area (Å²) in [6, 6.07) is 5.59. The molecule has 4 rings (SSSR count). The molecule has 3 aromatic rings. The Morgan fingerprint density at radius 1 is 1.06 bits per heavy atom. The minimum Gasteiger partial charge on any atom is -0.339 e. The van der Waals surface area contributed by atoms with Crippen molar-refractivity contribution >= 4 is 17.5 Å². The molecule has 1 aliphatic heterocycles. The van der Waals surface area contributed by atoms with Crippen LogP contribution in [-0.4, -0.2) is 49.7 Å². The van der Waals surface area contributed by atoms with Crippen LogP contribution in [0, 0.1) is 25.6 Å². The fourth-order valence-electron chi connectivity index (χ4n) is 4.02. The number of halogens is 1. The highest BCUT2D eigenvalue weighted by Crippen LogP contribution is 2.24. The summed E-state index contributed by atoms with van der Waals surface area (Å²) in [5.41, 5.74) is 2.78. The Bertz CT molecular complexity index is 1160.